The predicted octanol–water partition coefficient (Wildman–Crippen LogP) is 4.24. The summed E-state index contributed by atoms with van der Waals surface area (Å²) >= 11 is 0. The molecule has 0 bridgehead atoms. The first-order chi connectivity index (χ1) is 14.7. The Bertz CT molecular complexity index is 832. The summed E-state index contributed by atoms with van der Waals surface area (Å²) in [6, 6.07) is 13.5. The number of rotatable bonds is 9. The summed E-state index contributed by atoms with van der Waals surface area (Å²) < 4.78 is 16.9. The van der Waals surface area contributed by atoms with Gasteiger partial charge in [0.05, 0.1) is 20.3 Å². The Balaban J connectivity index is 1.66. The standard InChI is InChI=1S/C24H32N2O4/c1-4-15-29-22-10-9-19(17-23(22)30-16-5-2)24(27)26-13-11-25(12-14-26)20-7-6-8-21(18-20)28-3/h6-10,17-18H,4-5,11-16H2,1-3H3. The van der Waals surface area contributed by atoms with Crippen molar-refractivity contribution in [1.82, 2.24) is 4.90 Å². The summed E-state index contributed by atoms with van der Waals surface area (Å²) in [5, 5.41) is 0. The molecule has 6 nitrogen and oxygen atoms in total. The summed E-state index contributed by atoms with van der Waals surface area (Å²) in [5.74, 6) is 2.22. The maximum atomic E-state index is 13.1. The maximum Gasteiger partial charge on any atom is 0.254 e. The molecule has 1 heterocycles. The molecule has 0 atom stereocenters. The summed E-state index contributed by atoms with van der Waals surface area (Å²) in [5.41, 5.74) is 1.76. The highest BCUT2D eigenvalue weighted by atomic mass is 16.5. The van der Waals surface area contributed by atoms with Gasteiger partial charge in [0, 0.05) is 43.5 Å². The molecule has 30 heavy (non-hydrogen) atoms. The average molecular weight is 413 g/mol. The number of anilines is 1. The van der Waals surface area contributed by atoms with Crippen molar-refractivity contribution in [3.8, 4) is 17.2 Å². The molecule has 6 heteroatoms. The highest BCUT2D eigenvalue weighted by Gasteiger charge is 2.23. The minimum absolute atomic E-state index is 0.0312. The molecule has 0 unspecified atom stereocenters. The molecular formula is C24H32N2O4. The van der Waals surface area contributed by atoms with E-state index in [1.807, 2.05) is 41.3 Å². The molecule has 1 aliphatic heterocycles. The van der Waals surface area contributed by atoms with Crippen LogP contribution in [-0.4, -0.2) is 57.3 Å². The largest absolute Gasteiger partial charge is 0.497 e. The third-order valence-electron chi connectivity index (χ3n) is 5.10. The highest BCUT2D eigenvalue weighted by molar-refractivity contribution is 5.95. The first-order valence-electron chi connectivity index (χ1n) is 10.7. The Morgan fingerprint density at radius 2 is 1.60 bits per heavy atom. The van der Waals surface area contributed by atoms with Gasteiger partial charge < -0.3 is 24.0 Å². The number of hydrogen-bond acceptors (Lipinski definition) is 5. The van der Waals surface area contributed by atoms with E-state index in [2.05, 4.69) is 24.8 Å². The zero-order chi connectivity index (χ0) is 21.3. The number of ether oxygens (including phenoxy) is 3. The molecule has 0 N–H and O–H groups in total. The second kappa shape index (κ2) is 10.8. The van der Waals surface area contributed by atoms with Gasteiger partial charge in [-0.2, -0.15) is 0 Å². The third-order valence-corrected chi connectivity index (χ3v) is 5.10. The summed E-state index contributed by atoms with van der Waals surface area (Å²) in [4.78, 5) is 17.3. The number of methoxy groups -OCH3 is 1. The van der Waals surface area contributed by atoms with Gasteiger partial charge in [-0.25, -0.2) is 0 Å². The number of carbonyl (C=O) groups is 1. The molecule has 0 aromatic heterocycles. The van der Waals surface area contributed by atoms with Crippen LogP contribution in [-0.2, 0) is 0 Å². The molecule has 1 aliphatic rings. The Labute approximate surface area is 179 Å². The monoisotopic (exact) mass is 412 g/mol. The number of amides is 1. The van der Waals surface area contributed by atoms with Crippen molar-refractivity contribution in [2.24, 2.45) is 0 Å². The second-order valence-electron chi connectivity index (χ2n) is 7.34. The molecule has 1 amide bonds. The van der Waals surface area contributed by atoms with E-state index in [-0.39, 0.29) is 5.91 Å². The second-order valence-corrected chi connectivity index (χ2v) is 7.34. The zero-order valence-electron chi connectivity index (χ0n) is 18.2. The van der Waals surface area contributed by atoms with Crippen molar-refractivity contribution < 1.29 is 19.0 Å². The fraction of sp³-hybridized carbons (Fsp3) is 0.458. The van der Waals surface area contributed by atoms with Gasteiger partial charge >= 0.3 is 0 Å². The molecule has 1 saturated heterocycles. The van der Waals surface area contributed by atoms with Crippen LogP contribution in [0.2, 0.25) is 0 Å². The Morgan fingerprint density at radius 1 is 0.900 bits per heavy atom. The van der Waals surface area contributed by atoms with Crippen LogP contribution in [0.4, 0.5) is 5.69 Å². The van der Waals surface area contributed by atoms with Crippen LogP contribution < -0.4 is 19.1 Å². The lowest BCUT2D eigenvalue weighted by Gasteiger charge is -2.36. The SMILES string of the molecule is CCCOc1ccc(C(=O)N2CCN(c3cccc(OC)c3)CC2)cc1OCCC. The molecule has 3 rings (SSSR count). The van der Waals surface area contributed by atoms with Crippen LogP contribution >= 0.6 is 0 Å². The Kier molecular flexibility index (Phi) is 7.82. The smallest absolute Gasteiger partial charge is 0.254 e. The van der Waals surface area contributed by atoms with Gasteiger partial charge in [-0.05, 0) is 43.2 Å². The first-order valence-corrected chi connectivity index (χ1v) is 10.7. The lowest BCUT2D eigenvalue weighted by molar-refractivity contribution is 0.0746. The van der Waals surface area contributed by atoms with Crippen LogP contribution in [0, 0.1) is 0 Å². The third kappa shape index (κ3) is 5.38. The first kappa shape index (κ1) is 21.8. The van der Waals surface area contributed by atoms with E-state index in [1.165, 1.54) is 0 Å². The van der Waals surface area contributed by atoms with Crippen molar-refractivity contribution >= 4 is 11.6 Å². The average Bonchev–Trinajstić information content (AvgIpc) is 2.81. The van der Waals surface area contributed by atoms with Crippen LogP contribution in [0.5, 0.6) is 17.2 Å². The normalized spacial score (nSPS) is 13.8. The van der Waals surface area contributed by atoms with Crippen LogP contribution in [0.1, 0.15) is 37.0 Å². The fourth-order valence-electron chi connectivity index (χ4n) is 3.45. The fourth-order valence-corrected chi connectivity index (χ4v) is 3.45. The van der Waals surface area contributed by atoms with E-state index < -0.39 is 0 Å². The van der Waals surface area contributed by atoms with Crippen LogP contribution in [0.15, 0.2) is 42.5 Å². The number of carbonyl (C=O) groups excluding carboxylic acids is 1. The van der Waals surface area contributed by atoms with Crippen LogP contribution in [0.25, 0.3) is 0 Å². The Morgan fingerprint density at radius 3 is 2.27 bits per heavy atom. The van der Waals surface area contributed by atoms with E-state index in [0.29, 0.717) is 43.4 Å². The van der Waals surface area contributed by atoms with Gasteiger partial charge in [0.25, 0.3) is 5.91 Å². The van der Waals surface area contributed by atoms with E-state index in [1.54, 1.807) is 7.11 Å². The minimum Gasteiger partial charge on any atom is -0.497 e. The molecule has 0 spiro atoms. The summed E-state index contributed by atoms with van der Waals surface area (Å²) in [7, 11) is 1.67. The lowest BCUT2D eigenvalue weighted by Crippen LogP contribution is -2.48. The van der Waals surface area contributed by atoms with Crippen molar-refractivity contribution in [2.45, 2.75) is 26.7 Å². The summed E-state index contributed by atoms with van der Waals surface area (Å²) in [6.07, 6.45) is 1.82. The molecule has 0 radical (unpaired) electrons. The van der Waals surface area contributed by atoms with E-state index in [0.717, 1.165) is 37.4 Å². The number of benzene rings is 2. The molecule has 2 aromatic rings. The molecule has 0 saturated carbocycles. The molecule has 1 fully saturated rings. The topological polar surface area (TPSA) is 51.2 Å². The van der Waals surface area contributed by atoms with Gasteiger partial charge in [0.2, 0.25) is 0 Å². The molecular weight excluding hydrogens is 380 g/mol. The number of hydrogen-bond donors (Lipinski definition) is 0. The zero-order valence-corrected chi connectivity index (χ0v) is 18.2. The van der Waals surface area contributed by atoms with E-state index >= 15 is 0 Å². The molecule has 2 aromatic carbocycles. The van der Waals surface area contributed by atoms with E-state index in [4.69, 9.17) is 14.2 Å². The number of piperazine rings is 1. The lowest BCUT2D eigenvalue weighted by atomic mass is 10.1. The maximum absolute atomic E-state index is 13.1. The van der Waals surface area contributed by atoms with Crippen molar-refractivity contribution in [1.29, 1.82) is 0 Å². The summed E-state index contributed by atoms with van der Waals surface area (Å²) in [6.45, 7) is 8.27. The molecule has 0 aliphatic carbocycles. The Hall–Kier alpha value is -2.89. The van der Waals surface area contributed by atoms with E-state index in [9.17, 15) is 4.79 Å². The van der Waals surface area contributed by atoms with Crippen molar-refractivity contribution in [3.63, 3.8) is 0 Å². The predicted molar refractivity (Wildman–Crippen MR) is 119 cm³/mol. The number of nitrogens with zero attached hydrogens (tertiary/aromatic N) is 2. The van der Waals surface area contributed by atoms with Gasteiger partial charge in [-0.15, -0.1) is 0 Å². The van der Waals surface area contributed by atoms with Crippen molar-refractivity contribution in [3.05, 3.63) is 48.0 Å². The van der Waals surface area contributed by atoms with Gasteiger partial charge in [0.15, 0.2) is 11.5 Å². The van der Waals surface area contributed by atoms with Gasteiger partial charge in [-0.3, -0.25) is 4.79 Å². The highest BCUT2D eigenvalue weighted by Crippen LogP contribution is 2.30. The van der Waals surface area contributed by atoms with Crippen LogP contribution in [0.3, 0.4) is 0 Å². The minimum atomic E-state index is 0.0312. The molecule has 162 valence electrons. The van der Waals surface area contributed by atoms with Gasteiger partial charge in [0.1, 0.15) is 5.75 Å². The van der Waals surface area contributed by atoms with Crippen molar-refractivity contribution in [2.75, 3.05) is 51.4 Å². The van der Waals surface area contributed by atoms with Gasteiger partial charge in [-0.1, -0.05) is 19.9 Å². The quantitative estimate of drug-likeness (QED) is 0.617.